The summed E-state index contributed by atoms with van der Waals surface area (Å²) in [5.74, 6) is 0.530. The van der Waals surface area contributed by atoms with Gasteiger partial charge in [-0.3, -0.25) is 0 Å². The molecule has 0 aliphatic rings. The fourth-order valence-corrected chi connectivity index (χ4v) is 3.78. The molecule has 0 bridgehead atoms. The van der Waals surface area contributed by atoms with Crippen molar-refractivity contribution >= 4 is 43.1 Å². The van der Waals surface area contributed by atoms with Gasteiger partial charge in [0.1, 0.15) is 12.1 Å². The molecule has 0 saturated carbocycles. The number of nitrogen functional groups attached to an aromatic ring is 2. The Morgan fingerprint density at radius 3 is 2.73 bits per heavy atom. The monoisotopic (exact) mass is 306 g/mol. The molecule has 4 rings (SSSR count). The molecule has 108 valence electrons. The molecule has 22 heavy (non-hydrogen) atoms. The van der Waals surface area contributed by atoms with E-state index in [0.717, 1.165) is 37.1 Å². The summed E-state index contributed by atoms with van der Waals surface area (Å²) in [5, 5.41) is 1.10. The van der Waals surface area contributed by atoms with Crippen LogP contribution < -0.4 is 11.5 Å². The summed E-state index contributed by atoms with van der Waals surface area (Å²) >= 11 is 1.62. The van der Waals surface area contributed by atoms with Crippen molar-refractivity contribution in [2.45, 2.75) is 6.92 Å². The molecule has 0 fully saturated rings. The van der Waals surface area contributed by atoms with Crippen LogP contribution in [-0.2, 0) is 0 Å². The van der Waals surface area contributed by atoms with E-state index in [2.05, 4.69) is 41.2 Å². The molecule has 0 spiro atoms. The maximum Gasteiger partial charge on any atom is 0.144 e. The minimum Gasteiger partial charge on any atom is -0.398 e. The average molecular weight is 306 g/mol. The van der Waals surface area contributed by atoms with E-state index in [1.807, 2.05) is 12.1 Å². The third-order valence-electron chi connectivity index (χ3n) is 3.80. The molecular formula is C17H14N4S. The van der Waals surface area contributed by atoms with Crippen molar-refractivity contribution in [3.63, 3.8) is 0 Å². The summed E-state index contributed by atoms with van der Waals surface area (Å²) in [7, 11) is 0. The van der Waals surface area contributed by atoms with E-state index in [1.165, 1.54) is 11.9 Å². The molecule has 4 N–H and O–H groups in total. The normalized spacial score (nSPS) is 11.3. The highest BCUT2D eigenvalue weighted by atomic mass is 32.1. The van der Waals surface area contributed by atoms with E-state index in [9.17, 15) is 0 Å². The van der Waals surface area contributed by atoms with E-state index in [-0.39, 0.29) is 0 Å². The van der Waals surface area contributed by atoms with Gasteiger partial charge in [0.2, 0.25) is 0 Å². The molecule has 4 nitrogen and oxygen atoms in total. The number of benzene rings is 2. The predicted molar refractivity (Wildman–Crippen MR) is 93.9 cm³/mol. The highest BCUT2D eigenvalue weighted by Crippen LogP contribution is 2.38. The van der Waals surface area contributed by atoms with Crippen LogP contribution in [0.25, 0.3) is 31.4 Å². The zero-order valence-corrected chi connectivity index (χ0v) is 12.8. The molecular weight excluding hydrogens is 292 g/mol. The minimum atomic E-state index is 0.530. The van der Waals surface area contributed by atoms with Gasteiger partial charge in [-0.15, -0.1) is 11.3 Å². The van der Waals surface area contributed by atoms with Gasteiger partial charge in [-0.25, -0.2) is 9.97 Å². The van der Waals surface area contributed by atoms with Crippen LogP contribution in [-0.4, -0.2) is 9.97 Å². The third kappa shape index (κ3) is 1.90. The highest BCUT2D eigenvalue weighted by Gasteiger charge is 2.11. The molecule has 2 aromatic heterocycles. The summed E-state index contributed by atoms with van der Waals surface area (Å²) in [6, 6.07) is 12.4. The standard InChI is InChI=1S/C17H14N4S/c1-9-2-5-13(18)12(6-9)10-3-4-11-14(7-10)22-16-15(11)20-8-21-17(16)19/h2-8H,18H2,1H3,(H2,19,20,21). The molecule has 0 unspecified atom stereocenters. The van der Waals surface area contributed by atoms with Crippen LogP contribution in [0.15, 0.2) is 42.7 Å². The van der Waals surface area contributed by atoms with Crippen molar-refractivity contribution in [2.75, 3.05) is 11.5 Å². The molecule has 0 saturated heterocycles. The smallest absolute Gasteiger partial charge is 0.144 e. The molecule has 0 aliphatic heterocycles. The van der Waals surface area contributed by atoms with E-state index in [0.29, 0.717) is 5.82 Å². The molecule has 0 amide bonds. The highest BCUT2D eigenvalue weighted by molar-refractivity contribution is 7.26. The van der Waals surface area contributed by atoms with Gasteiger partial charge in [0.15, 0.2) is 0 Å². The third-order valence-corrected chi connectivity index (χ3v) is 4.96. The Balaban J connectivity index is 2.00. The van der Waals surface area contributed by atoms with Crippen LogP contribution in [0.1, 0.15) is 5.56 Å². The van der Waals surface area contributed by atoms with Gasteiger partial charge in [-0.1, -0.05) is 23.8 Å². The molecule has 2 aromatic carbocycles. The number of hydrogen-bond acceptors (Lipinski definition) is 5. The lowest BCUT2D eigenvalue weighted by molar-refractivity contribution is 1.24. The Labute approximate surface area is 131 Å². The quantitative estimate of drug-likeness (QED) is 0.521. The summed E-state index contributed by atoms with van der Waals surface area (Å²) in [5.41, 5.74) is 17.1. The number of nitrogens with zero attached hydrogens (tertiary/aromatic N) is 2. The van der Waals surface area contributed by atoms with Crippen molar-refractivity contribution < 1.29 is 0 Å². The van der Waals surface area contributed by atoms with Gasteiger partial charge in [0, 0.05) is 21.3 Å². The summed E-state index contributed by atoms with van der Waals surface area (Å²) in [4.78, 5) is 8.42. The maximum absolute atomic E-state index is 6.13. The number of hydrogen-bond donors (Lipinski definition) is 2. The Morgan fingerprint density at radius 2 is 1.86 bits per heavy atom. The fourth-order valence-electron chi connectivity index (χ4n) is 2.68. The first-order valence-corrected chi connectivity index (χ1v) is 7.74. The Bertz CT molecular complexity index is 1020. The first kappa shape index (κ1) is 13.0. The van der Waals surface area contributed by atoms with Crippen LogP contribution in [0.5, 0.6) is 0 Å². The fraction of sp³-hybridized carbons (Fsp3) is 0.0588. The van der Waals surface area contributed by atoms with Crippen molar-refractivity contribution in [1.82, 2.24) is 9.97 Å². The number of aromatic nitrogens is 2. The second-order valence-corrected chi connectivity index (χ2v) is 6.39. The van der Waals surface area contributed by atoms with Gasteiger partial charge >= 0.3 is 0 Å². The summed E-state index contributed by atoms with van der Waals surface area (Å²) in [6.07, 6.45) is 1.51. The van der Waals surface area contributed by atoms with E-state index < -0.39 is 0 Å². The molecule has 0 aliphatic carbocycles. The van der Waals surface area contributed by atoms with Crippen molar-refractivity contribution in [2.24, 2.45) is 0 Å². The van der Waals surface area contributed by atoms with Gasteiger partial charge in [0.25, 0.3) is 0 Å². The first-order chi connectivity index (χ1) is 10.6. The number of nitrogens with two attached hydrogens (primary N) is 2. The molecule has 2 heterocycles. The lowest BCUT2D eigenvalue weighted by Crippen LogP contribution is -1.90. The maximum atomic E-state index is 6.13. The van der Waals surface area contributed by atoms with Crippen LogP contribution in [0.3, 0.4) is 0 Å². The number of thiophene rings is 1. The Morgan fingerprint density at radius 1 is 1.00 bits per heavy atom. The number of aryl methyl sites for hydroxylation is 1. The summed E-state index contributed by atoms with van der Waals surface area (Å²) < 4.78 is 2.08. The van der Waals surface area contributed by atoms with Crippen LogP contribution in [0.4, 0.5) is 11.5 Å². The van der Waals surface area contributed by atoms with Crippen molar-refractivity contribution in [1.29, 1.82) is 0 Å². The van der Waals surface area contributed by atoms with Gasteiger partial charge in [-0.2, -0.15) is 0 Å². The molecule has 0 atom stereocenters. The Kier molecular flexibility index (Phi) is 2.77. The molecule has 0 radical (unpaired) electrons. The average Bonchev–Trinajstić information content (AvgIpc) is 2.89. The van der Waals surface area contributed by atoms with Crippen molar-refractivity contribution in [3.05, 3.63) is 48.3 Å². The van der Waals surface area contributed by atoms with Crippen LogP contribution >= 0.6 is 11.3 Å². The van der Waals surface area contributed by atoms with E-state index in [1.54, 1.807) is 11.3 Å². The largest absolute Gasteiger partial charge is 0.398 e. The zero-order chi connectivity index (χ0) is 15.3. The van der Waals surface area contributed by atoms with Gasteiger partial charge in [-0.05, 0) is 30.7 Å². The lowest BCUT2D eigenvalue weighted by Gasteiger charge is -2.07. The number of rotatable bonds is 1. The second-order valence-electron chi connectivity index (χ2n) is 5.34. The second kappa shape index (κ2) is 4.68. The van der Waals surface area contributed by atoms with Crippen LogP contribution in [0.2, 0.25) is 0 Å². The van der Waals surface area contributed by atoms with Gasteiger partial charge < -0.3 is 11.5 Å². The predicted octanol–water partition coefficient (Wildman–Crippen LogP) is 3.98. The molecule has 5 heteroatoms. The lowest BCUT2D eigenvalue weighted by atomic mass is 10.0. The Hall–Kier alpha value is -2.66. The number of fused-ring (bicyclic) bond motifs is 3. The van der Waals surface area contributed by atoms with Crippen LogP contribution in [0, 0.1) is 6.92 Å². The SMILES string of the molecule is Cc1ccc(N)c(-c2ccc3c(c2)sc2c(N)ncnc23)c1. The topological polar surface area (TPSA) is 77.8 Å². The number of anilines is 2. The van der Waals surface area contributed by atoms with Crippen molar-refractivity contribution in [3.8, 4) is 11.1 Å². The van der Waals surface area contributed by atoms with Gasteiger partial charge in [0.05, 0.1) is 10.2 Å². The zero-order valence-electron chi connectivity index (χ0n) is 12.0. The molecule has 4 aromatic rings. The first-order valence-electron chi connectivity index (χ1n) is 6.93. The minimum absolute atomic E-state index is 0.530. The van der Waals surface area contributed by atoms with E-state index >= 15 is 0 Å². The van der Waals surface area contributed by atoms with E-state index in [4.69, 9.17) is 11.5 Å². The summed E-state index contributed by atoms with van der Waals surface area (Å²) in [6.45, 7) is 2.07.